The molecule has 0 bridgehead atoms. The number of carbonyl (C=O) groups is 2. The summed E-state index contributed by atoms with van der Waals surface area (Å²) in [5, 5.41) is 9.89. The fourth-order valence-electron chi connectivity index (χ4n) is 1.63. The van der Waals surface area contributed by atoms with Crippen LogP contribution in [-0.4, -0.2) is 33.5 Å². The Balaban J connectivity index is 2.24. The number of amides is 1. The maximum absolute atomic E-state index is 11.9. The lowest BCUT2D eigenvalue weighted by molar-refractivity contribution is 0.0977. The minimum atomic E-state index is -1.13. The van der Waals surface area contributed by atoms with E-state index in [1.165, 1.54) is 11.3 Å². The van der Waals surface area contributed by atoms with Crippen LogP contribution in [0, 0.1) is 0 Å². The number of hydrazine groups is 1. The van der Waals surface area contributed by atoms with Crippen LogP contribution in [0.2, 0.25) is 0 Å². The number of nitrogens with two attached hydrogens (primary N) is 1. The maximum atomic E-state index is 11.9. The zero-order valence-electron chi connectivity index (χ0n) is 11.8. The summed E-state index contributed by atoms with van der Waals surface area (Å²) in [5.74, 6) is 5.69. The van der Waals surface area contributed by atoms with E-state index in [1.807, 2.05) is 0 Å². The summed E-state index contributed by atoms with van der Waals surface area (Å²) in [6.45, 7) is 4.43. The standard InChI is InChI=1S/C13H21N3O3S/c1-9(2)11-8-15-12(20-11)10(17)6-4-3-5-7-16(14)13(18)19/h8-9H,3-7,14H2,1-2H3,(H,18,19). The van der Waals surface area contributed by atoms with E-state index >= 15 is 0 Å². The molecule has 0 atom stereocenters. The van der Waals surface area contributed by atoms with Gasteiger partial charge in [0.2, 0.25) is 0 Å². The lowest BCUT2D eigenvalue weighted by Gasteiger charge is -2.11. The molecule has 0 fully saturated rings. The number of hydrogen-bond donors (Lipinski definition) is 2. The first-order valence-electron chi connectivity index (χ1n) is 6.66. The highest BCUT2D eigenvalue weighted by atomic mass is 32.1. The van der Waals surface area contributed by atoms with Gasteiger partial charge in [-0.05, 0) is 18.8 Å². The molecule has 1 aromatic heterocycles. The molecule has 112 valence electrons. The Morgan fingerprint density at radius 3 is 2.65 bits per heavy atom. The van der Waals surface area contributed by atoms with Crippen molar-refractivity contribution >= 4 is 23.2 Å². The van der Waals surface area contributed by atoms with Gasteiger partial charge in [-0.15, -0.1) is 11.3 Å². The predicted molar refractivity (Wildman–Crippen MR) is 77.9 cm³/mol. The summed E-state index contributed by atoms with van der Waals surface area (Å²) in [6.07, 6.45) is 3.23. The number of hydrogen-bond acceptors (Lipinski definition) is 5. The largest absolute Gasteiger partial charge is 0.464 e. The summed E-state index contributed by atoms with van der Waals surface area (Å²) in [6, 6.07) is 0. The molecule has 0 aliphatic rings. The number of Topliss-reactive ketones (excluding diaryl/α,β-unsaturated/α-hetero) is 1. The first kappa shape index (κ1) is 16.6. The first-order chi connectivity index (χ1) is 9.41. The van der Waals surface area contributed by atoms with Crippen molar-refractivity contribution in [3.05, 3.63) is 16.1 Å². The highest BCUT2D eigenvalue weighted by Crippen LogP contribution is 2.23. The zero-order valence-corrected chi connectivity index (χ0v) is 12.7. The number of unbranched alkanes of at least 4 members (excludes halogenated alkanes) is 2. The maximum Gasteiger partial charge on any atom is 0.421 e. The molecule has 1 amide bonds. The Morgan fingerprint density at radius 1 is 1.40 bits per heavy atom. The second-order valence-electron chi connectivity index (χ2n) is 4.93. The normalized spacial score (nSPS) is 10.8. The van der Waals surface area contributed by atoms with Crippen LogP contribution in [0.3, 0.4) is 0 Å². The molecular formula is C13H21N3O3S. The topological polar surface area (TPSA) is 96.5 Å². The van der Waals surface area contributed by atoms with Crippen molar-refractivity contribution in [3.63, 3.8) is 0 Å². The number of thiazole rings is 1. The van der Waals surface area contributed by atoms with Gasteiger partial charge in [-0.25, -0.2) is 20.6 Å². The Bertz CT molecular complexity index is 459. The Morgan fingerprint density at radius 2 is 2.10 bits per heavy atom. The summed E-state index contributed by atoms with van der Waals surface area (Å²) >= 11 is 1.46. The van der Waals surface area contributed by atoms with Gasteiger partial charge in [0, 0.05) is 24.0 Å². The van der Waals surface area contributed by atoms with E-state index in [-0.39, 0.29) is 12.3 Å². The van der Waals surface area contributed by atoms with Gasteiger partial charge in [0.05, 0.1) is 0 Å². The molecule has 6 nitrogen and oxygen atoms in total. The molecule has 7 heteroatoms. The molecule has 0 saturated heterocycles. The number of aromatic nitrogens is 1. The second-order valence-corrected chi connectivity index (χ2v) is 5.99. The smallest absolute Gasteiger partial charge is 0.421 e. The van der Waals surface area contributed by atoms with E-state index in [9.17, 15) is 9.59 Å². The molecule has 1 aromatic rings. The van der Waals surface area contributed by atoms with Crippen LogP contribution in [0.25, 0.3) is 0 Å². The fraction of sp³-hybridized carbons (Fsp3) is 0.615. The van der Waals surface area contributed by atoms with Gasteiger partial charge in [-0.1, -0.05) is 20.3 Å². The van der Waals surface area contributed by atoms with Crippen molar-refractivity contribution in [1.29, 1.82) is 0 Å². The van der Waals surface area contributed by atoms with Gasteiger partial charge in [-0.2, -0.15) is 0 Å². The van der Waals surface area contributed by atoms with E-state index in [2.05, 4.69) is 18.8 Å². The van der Waals surface area contributed by atoms with Gasteiger partial charge >= 0.3 is 6.09 Å². The molecular weight excluding hydrogens is 278 g/mol. The van der Waals surface area contributed by atoms with Gasteiger partial charge in [0.25, 0.3) is 0 Å². The Hall–Kier alpha value is -1.47. The zero-order chi connectivity index (χ0) is 15.1. The SMILES string of the molecule is CC(C)c1cnc(C(=O)CCCCCN(N)C(=O)O)s1. The quantitative estimate of drug-likeness (QED) is 0.253. The van der Waals surface area contributed by atoms with Crippen molar-refractivity contribution in [2.24, 2.45) is 5.84 Å². The number of carboxylic acid groups (broad SMARTS) is 1. The molecule has 3 N–H and O–H groups in total. The molecule has 1 heterocycles. The third-order valence-corrected chi connectivity index (χ3v) is 4.22. The average molecular weight is 299 g/mol. The Kier molecular flexibility index (Phi) is 6.60. The van der Waals surface area contributed by atoms with Crippen molar-refractivity contribution < 1.29 is 14.7 Å². The third kappa shape index (κ3) is 5.26. The first-order valence-corrected chi connectivity index (χ1v) is 7.47. The van der Waals surface area contributed by atoms with Crippen LogP contribution in [0.4, 0.5) is 4.79 Å². The summed E-state index contributed by atoms with van der Waals surface area (Å²) < 4.78 is 0. The highest BCUT2D eigenvalue weighted by Gasteiger charge is 2.12. The van der Waals surface area contributed by atoms with Gasteiger partial charge < -0.3 is 5.11 Å². The summed E-state index contributed by atoms with van der Waals surface area (Å²) in [5.41, 5.74) is 0. The van der Waals surface area contributed by atoms with Gasteiger partial charge in [-0.3, -0.25) is 4.79 Å². The van der Waals surface area contributed by atoms with E-state index in [0.29, 0.717) is 23.8 Å². The van der Waals surface area contributed by atoms with E-state index in [4.69, 9.17) is 10.9 Å². The van der Waals surface area contributed by atoms with E-state index in [0.717, 1.165) is 22.7 Å². The van der Waals surface area contributed by atoms with Crippen molar-refractivity contribution in [2.75, 3.05) is 6.54 Å². The molecule has 0 aliphatic carbocycles. The average Bonchev–Trinajstić information content (AvgIpc) is 2.87. The van der Waals surface area contributed by atoms with Crippen LogP contribution in [0.15, 0.2) is 6.20 Å². The van der Waals surface area contributed by atoms with Gasteiger partial charge in [0.1, 0.15) is 0 Å². The van der Waals surface area contributed by atoms with Crippen molar-refractivity contribution in [3.8, 4) is 0 Å². The molecule has 0 radical (unpaired) electrons. The molecule has 0 aromatic carbocycles. The van der Waals surface area contributed by atoms with E-state index in [1.54, 1.807) is 6.20 Å². The second kappa shape index (κ2) is 7.96. The molecule has 0 unspecified atom stereocenters. The molecule has 0 spiro atoms. The van der Waals surface area contributed by atoms with Crippen LogP contribution < -0.4 is 5.84 Å². The number of rotatable bonds is 8. The number of nitrogens with zero attached hydrogens (tertiary/aromatic N) is 2. The molecule has 0 aliphatic heterocycles. The Labute approximate surface area is 122 Å². The molecule has 0 saturated carbocycles. The lowest BCUT2D eigenvalue weighted by atomic mass is 10.1. The van der Waals surface area contributed by atoms with Crippen LogP contribution in [0.5, 0.6) is 0 Å². The summed E-state index contributed by atoms with van der Waals surface area (Å²) in [7, 11) is 0. The lowest BCUT2D eigenvalue weighted by Crippen LogP contribution is -2.36. The van der Waals surface area contributed by atoms with Crippen molar-refractivity contribution in [1.82, 2.24) is 9.99 Å². The third-order valence-electron chi connectivity index (χ3n) is 2.88. The predicted octanol–water partition coefficient (Wildman–Crippen LogP) is 2.86. The number of ketones is 1. The summed E-state index contributed by atoms with van der Waals surface area (Å²) in [4.78, 5) is 27.6. The fourth-order valence-corrected chi connectivity index (χ4v) is 2.52. The monoisotopic (exact) mass is 299 g/mol. The molecule has 1 rings (SSSR count). The van der Waals surface area contributed by atoms with E-state index < -0.39 is 6.09 Å². The van der Waals surface area contributed by atoms with Crippen molar-refractivity contribution in [2.45, 2.75) is 45.4 Å². The highest BCUT2D eigenvalue weighted by molar-refractivity contribution is 7.13. The molecule has 20 heavy (non-hydrogen) atoms. The van der Waals surface area contributed by atoms with Crippen LogP contribution in [-0.2, 0) is 0 Å². The van der Waals surface area contributed by atoms with Gasteiger partial charge in [0.15, 0.2) is 10.8 Å². The minimum absolute atomic E-state index is 0.0599. The van der Waals surface area contributed by atoms with Crippen LogP contribution >= 0.6 is 11.3 Å². The number of carbonyl (C=O) groups excluding carboxylic acids is 1. The minimum Gasteiger partial charge on any atom is -0.464 e. The van der Waals surface area contributed by atoms with Crippen LogP contribution in [0.1, 0.15) is 60.1 Å².